The monoisotopic (exact) mass is 584 g/mol. The largest absolute Gasteiger partial charge is 0.416 e. The van der Waals surface area contributed by atoms with E-state index in [0.29, 0.717) is 74.7 Å². The van der Waals surface area contributed by atoms with Gasteiger partial charge in [0.15, 0.2) is 5.79 Å². The lowest BCUT2D eigenvalue weighted by molar-refractivity contribution is -0.181. The minimum Gasteiger partial charge on any atom is -0.347 e. The highest BCUT2D eigenvalue weighted by Gasteiger charge is 2.41. The summed E-state index contributed by atoms with van der Waals surface area (Å²) < 4.78 is 54.1. The number of fused-ring (bicyclic) bond motifs is 1. The highest BCUT2D eigenvalue weighted by molar-refractivity contribution is 6.03. The molecule has 3 fully saturated rings. The van der Waals surface area contributed by atoms with Crippen LogP contribution in [0.15, 0.2) is 48.5 Å². The maximum absolute atomic E-state index is 13.9. The third kappa shape index (κ3) is 5.41. The number of piperidine rings is 1. The lowest BCUT2D eigenvalue weighted by atomic mass is 10.0. The molecular formula is C31H35F3N4O4. The second kappa shape index (κ2) is 11.0. The number of benzene rings is 2. The minimum absolute atomic E-state index is 0.0992. The number of rotatable bonds is 4. The third-order valence-corrected chi connectivity index (χ3v) is 8.66. The summed E-state index contributed by atoms with van der Waals surface area (Å²) >= 11 is 0. The average Bonchev–Trinajstić information content (AvgIpc) is 3.61. The lowest BCUT2D eigenvalue weighted by Crippen LogP contribution is -2.50. The van der Waals surface area contributed by atoms with Gasteiger partial charge in [-0.1, -0.05) is 6.07 Å². The summed E-state index contributed by atoms with van der Waals surface area (Å²) in [5, 5.41) is 0.610. The van der Waals surface area contributed by atoms with Gasteiger partial charge in [0, 0.05) is 74.8 Å². The van der Waals surface area contributed by atoms with Gasteiger partial charge in [-0.3, -0.25) is 14.5 Å². The molecule has 1 aromatic heterocycles. The smallest absolute Gasteiger partial charge is 0.347 e. The van der Waals surface area contributed by atoms with E-state index in [2.05, 4.69) is 18.7 Å². The summed E-state index contributed by atoms with van der Waals surface area (Å²) in [5.74, 6) is -1.06. The second-order valence-electron chi connectivity index (χ2n) is 11.5. The molecule has 0 saturated carbocycles. The van der Waals surface area contributed by atoms with E-state index in [0.717, 1.165) is 25.2 Å². The van der Waals surface area contributed by atoms with Crippen molar-refractivity contribution in [1.29, 1.82) is 0 Å². The van der Waals surface area contributed by atoms with Gasteiger partial charge >= 0.3 is 6.18 Å². The fourth-order valence-corrected chi connectivity index (χ4v) is 6.23. The number of halogens is 3. The van der Waals surface area contributed by atoms with Gasteiger partial charge in [-0.25, -0.2) is 0 Å². The average molecular weight is 585 g/mol. The fourth-order valence-electron chi connectivity index (χ4n) is 6.23. The van der Waals surface area contributed by atoms with E-state index < -0.39 is 17.5 Å². The van der Waals surface area contributed by atoms with Gasteiger partial charge in [0.1, 0.15) is 5.69 Å². The molecular weight excluding hydrogens is 549 g/mol. The van der Waals surface area contributed by atoms with Crippen molar-refractivity contribution < 1.29 is 32.2 Å². The maximum Gasteiger partial charge on any atom is 0.416 e. The number of hydrogen-bond acceptors (Lipinski definition) is 5. The quantitative estimate of drug-likeness (QED) is 0.441. The first-order valence-electron chi connectivity index (χ1n) is 14.5. The van der Waals surface area contributed by atoms with Crippen LogP contribution in [0, 0.1) is 0 Å². The Bertz CT molecular complexity index is 1480. The number of nitrogens with zero attached hydrogens (tertiary/aromatic N) is 4. The van der Waals surface area contributed by atoms with E-state index in [1.165, 1.54) is 6.07 Å². The predicted octanol–water partition coefficient (Wildman–Crippen LogP) is 4.79. The number of likely N-dealkylation sites (tertiary alicyclic amines) is 1. The maximum atomic E-state index is 13.9. The van der Waals surface area contributed by atoms with Crippen molar-refractivity contribution >= 4 is 22.7 Å². The van der Waals surface area contributed by atoms with Crippen molar-refractivity contribution in [3.05, 3.63) is 65.4 Å². The molecule has 2 aromatic carbocycles. The molecule has 3 saturated heterocycles. The highest BCUT2D eigenvalue weighted by atomic mass is 19.4. The summed E-state index contributed by atoms with van der Waals surface area (Å²) in [6, 6.07) is 12.2. The molecule has 0 radical (unpaired) electrons. The Morgan fingerprint density at radius 2 is 1.50 bits per heavy atom. The third-order valence-electron chi connectivity index (χ3n) is 8.66. The summed E-state index contributed by atoms with van der Waals surface area (Å²) in [6.45, 7) is 8.94. The fraction of sp³-hybridized carbons (Fsp3) is 0.484. The number of carbonyl (C=O) groups is 2. The van der Waals surface area contributed by atoms with Gasteiger partial charge in [0.2, 0.25) is 0 Å². The van der Waals surface area contributed by atoms with Crippen LogP contribution in [0.5, 0.6) is 0 Å². The molecule has 3 aliphatic rings. The molecule has 0 aliphatic carbocycles. The Kier molecular flexibility index (Phi) is 7.53. The van der Waals surface area contributed by atoms with Crippen LogP contribution in [0.25, 0.3) is 16.6 Å². The minimum atomic E-state index is -4.54. The van der Waals surface area contributed by atoms with Crippen LogP contribution < -0.4 is 0 Å². The number of amides is 2. The zero-order valence-corrected chi connectivity index (χ0v) is 23.8. The van der Waals surface area contributed by atoms with E-state index in [1.807, 2.05) is 4.90 Å². The van der Waals surface area contributed by atoms with Crippen molar-refractivity contribution in [2.24, 2.45) is 0 Å². The zero-order valence-electron chi connectivity index (χ0n) is 23.8. The van der Waals surface area contributed by atoms with Crippen LogP contribution in [0.1, 0.15) is 53.1 Å². The van der Waals surface area contributed by atoms with E-state index in [1.54, 1.807) is 39.8 Å². The molecule has 3 aromatic rings. The topological polar surface area (TPSA) is 67.2 Å². The SMILES string of the molecule is CC(C)N1CCN(C(=O)c2ccc3c(c2)cc(C(=O)N2CCC4(CC2)OCCO4)n3-c2cccc(C(F)(F)F)c2)CC1. The number of alkyl halides is 3. The van der Waals surface area contributed by atoms with Crippen LogP contribution in [0.4, 0.5) is 13.2 Å². The molecule has 0 bridgehead atoms. The molecule has 0 atom stereocenters. The second-order valence-corrected chi connectivity index (χ2v) is 11.5. The van der Waals surface area contributed by atoms with Crippen LogP contribution in [-0.2, 0) is 15.7 Å². The van der Waals surface area contributed by atoms with Crippen LogP contribution in [-0.4, -0.2) is 95.4 Å². The predicted molar refractivity (Wildman–Crippen MR) is 151 cm³/mol. The Morgan fingerprint density at radius 1 is 0.833 bits per heavy atom. The van der Waals surface area contributed by atoms with Gasteiger partial charge in [0.05, 0.1) is 24.3 Å². The Balaban J connectivity index is 1.35. The Hall–Kier alpha value is -3.41. The normalized spacial score (nSPS) is 19.8. The summed E-state index contributed by atoms with van der Waals surface area (Å²) in [6.07, 6.45) is -3.50. The van der Waals surface area contributed by atoms with Gasteiger partial charge in [-0.15, -0.1) is 0 Å². The molecule has 42 heavy (non-hydrogen) atoms. The van der Waals surface area contributed by atoms with Crippen LogP contribution in [0.3, 0.4) is 0 Å². The van der Waals surface area contributed by atoms with E-state index in [9.17, 15) is 22.8 Å². The van der Waals surface area contributed by atoms with Crippen LogP contribution >= 0.6 is 0 Å². The van der Waals surface area contributed by atoms with Crippen molar-refractivity contribution in [2.45, 2.75) is 44.7 Å². The van der Waals surface area contributed by atoms with Crippen molar-refractivity contribution in [3.63, 3.8) is 0 Å². The van der Waals surface area contributed by atoms with E-state index in [-0.39, 0.29) is 23.2 Å². The zero-order chi connectivity index (χ0) is 29.6. The van der Waals surface area contributed by atoms with Crippen molar-refractivity contribution in [2.75, 3.05) is 52.5 Å². The molecule has 224 valence electrons. The summed E-state index contributed by atoms with van der Waals surface area (Å²) in [7, 11) is 0. The van der Waals surface area contributed by atoms with Gasteiger partial charge in [-0.2, -0.15) is 13.2 Å². The molecule has 8 nitrogen and oxygen atoms in total. The molecule has 6 rings (SSSR count). The molecule has 4 heterocycles. The first kappa shape index (κ1) is 28.7. The summed E-state index contributed by atoms with van der Waals surface area (Å²) in [5.41, 5.74) is 0.695. The van der Waals surface area contributed by atoms with Crippen LogP contribution in [0.2, 0.25) is 0 Å². The molecule has 3 aliphatic heterocycles. The van der Waals surface area contributed by atoms with Crippen molar-refractivity contribution in [1.82, 2.24) is 19.3 Å². The standard InChI is InChI=1S/C31H35F3N4O4/c1-21(2)35-12-14-37(15-13-35)28(39)22-6-7-26-23(18-22)19-27(38(26)25-5-3-4-24(20-25)31(32,33)34)29(40)36-10-8-30(9-11-36)41-16-17-42-30/h3-7,18-21H,8-17H2,1-2H3. The molecule has 11 heteroatoms. The highest BCUT2D eigenvalue weighted by Crippen LogP contribution is 2.35. The lowest BCUT2D eigenvalue weighted by Gasteiger charge is -2.37. The Morgan fingerprint density at radius 3 is 2.14 bits per heavy atom. The molecule has 2 amide bonds. The van der Waals surface area contributed by atoms with E-state index in [4.69, 9.17) is 9.47 Å². The molecule has 0 N–H and O–H groups in total. The molecule has 1 spiro atoms. The first-order chi connectivity index (χ1) is 20.0. The van der Waals surface area contributed by atoms with E-state index >= 15 is 0 Å². The van der Waals surface area contributed by atoms with Gasteiger partial charge < -0.3 is 23.8 Å². The number of ether oxygens (including phenoxy) is 2. The number of carbonyl (C=O) groups excluding carboxylic acids is 2. The van der Waals surface area contributed by atoms with Crippen molar-refractivity contribution in [3.8, 4) is 5.69 Å². The number of piperazine rings is 1. The summed E-state index contributed by atoms with van der Waals surface area (Å²) in [4.78, 5) is 33.2. The number of aromatic nitrogens is 1. The van der Waals surface area contributed by atoms with Gasteiger partial charge in [0.25, 0.3) is 11.8 Å². The Labute approximate surface area is 242 Å². The molecule has 0 unspecified atom stereocenters. The number of hydrogen-bond donors (Lipinski definition) is 0. The van der Waals surface area contributed by atoms with Gasteiger partial charge in [-0.05, 0) is 56.3 Å². The first-order valence-corrected chi connectivity index (χ1v) is 14.5.